The summed E-state index contributed by atoms with van der Waals surface area (Å²) in [6.07, 6.45) is -5.10. The van der Waals surface area contributed by atoms with Crippen molar-refractivity contribution < 1.29 is 27.5 Å². The largest absolute Gasteiger partial charge is 0.423 e. The van der Waals surface area contributed by atoms with Crippen molar-refractivity contribution >= 4 is 5.91 Å². The lowest BCUT2D eigenvalue weighted by Crippen LogP contribution is -2.50. The van der Waals surface area contributed by atoms with Crippen LogP contribution in [0.25, 0.3) is 11.4 Å². The molecule has 0 spiro atoms. The molecule has 2 heterocycles. The second kappa shape index (κ2) is 7.08. The van der Waals surface area contributed by atoms with Crippen LogP contribution in [0.2, 0.25) is 0 Å². The summed E-state index contributed by atoms with van der Waals surface area (Å²) in [7, 11) is 0. The van der Waals surface area contributed by atoms with Crippen LogP contribution in [0.1, 0.15) is 31.5 Å². The molecule has 2 N–H and O–H groups in total. The van der Waals surface area contributed by atoms with Gasteiger partial charge in [-0.2, -0.15) is 13.2 Å². The molecule has 1 saturated carbocycles. The van der Waals surface area contributed by atoms with Gasteiger partial charge < -0.3 is 15.0 Å². The summed E-state index contributed by atoms with van der Waals surface area (Å²) < 4.78 is 50.8. The zero-order valence-corrected chi connectivity index (χ0v) is 15.4. The van der Waals surface area contributed by atoms with E-state index in [2.05, 4.69) is 15.2 Å². The topological polar surface area (TPSA) is 82.1 Å². The number of halogens is 4. The average Bonchev–Trinajstić information content (AvgIpc) is 3.36. The summed E-state index contributed by atoms with van der Waals surface area (Å²) in [5.41, 5.74) is 0.491. The van der Waals surface area contributed by atoms with Crippen molar-refractivity contribution in [1.29, 1.82) is 0 Å². The van der Waals surface area contributed by atoms with Crippen molar-refractivity contribution in [3.8, 4) is 11.4 Å². The lowest BCUT2D eigenvalue weighted by atomic mass is 9.81. The molecule has 29 heavy (non-hydrogen) atoms. The first-order valence-corrected chi connectivity index (χ1v) is 9.43. The lowest BCUT2D eigenvalue weighted by molar-refractivity contribution is -0.211. The zero-order valence-electron chi connectivity index (χ0n) is 15.4. The zero-order chi connectivity index (χ0) is 20.8. The second-order valence-electron chi connectivity index (χ2n) is 7.73. The number of benzene rings is 1. The molecule has 0 radical (unpaired) electrons. The molecule has 4 rings (SSSR count). The van der Waals surface area contributed by atoms with Crippen LogP contribution in [-0.2, 0) is 10.2 Å². The van der Waals surface area contributed by atoms with Crippen molar-refractivity contribution in [3.63, 3.8) is 0 Å². The number of aromatic amines is 1. The van der Waals surface area contributed by atoms with Crippen LogP contribution < -0.4 is 0 Å². The van der Waals surface area contributed by atoms with Crippen LogP contribution in [0.5, 0.6) is 0 Å². The van der Waals surface area contributed by atoms with Gasteiger partial charge >= 0.3 is 6.18 Å². The van der Waals surface area contributed by atoms with E-state index in [4.69, 9.17) is 0 Å². The minimum absolute atomic E-state index is 0.156. The van der Waals surface area contributed by atoms with Crippen LogP contribution in [0.4, 0.5) is 17.6 Å². The predicted octanol–water partition coefficient (Wildman–Crippen LogP) is 2.80. The van der Waals surface area contributed by atoms with Gasteiger partial charge in [-0.25, -0.2) is 4.39 Å². The number of aliphatic hydroxyl groups excluding tert-OH is 1. The minimum atomic E-state index is -4.96. The molecule has 1 atom stereocenters. The Bertz CT molecular complexity index is 884. The van der Waals surface area contributed by atoms with E-state index in [1.165, 1.54) is 12.1 Å². The Hall–Kier alpha value is -2.49. The van der Waals surface area contributed by atoms with E-state index < -0.39 is 18.2 Å². The number of carbonyl (C=O) groups excluding carboxylic acids is 1. The van der Waals surface area contributed by atoms with Crippen LogP contribution >= 0.6 is 0 Å². The Kier molecular flexibility index (Phi) is 4.84. The summed E-state index contributed by atoms with van der Waals surface area (Å²) in [5.74, 6) is -0.226. The fraction of sp³-hybridized carbons (Fsp3) is 0.526. The van der Waals surface area contributed by atoms with Crippen molar-refractivity contribution in [2.45, 2.75) is 43.4 Å². The molecule has 1 aliphatic carbocycles. The Labute approximate surface area is 163 Å². The summed E-state index contributed by atoms with van der Waals surface area (Å²) >= 11 is 0. The number of piperidine rings is 1. The van der Waals surface area contributed by atoms with Crippen molar-refractivity contribution in [1.82, 2.24) is 20.1 Å². The first-order valence-electron chi connectivity index (χ1n) is 9.43. The predicted molar refractivity (Wildman–Crippen MR) is 94.1 cm³/mol. The molecule has 0 bridgehead atoms. The maximum atomic E-state index is 13.1. The van der Waals surface area contributed by atoms with E-state index in [1.807, 2.05) is 0 Å². The van der Waals surface area contributed by atoms with Gasteiger partial charge in [-0.15, -0.1) is 10.2 Å². The maximum Gasteiger partial charge on any atom is 0.423 e. The molecule has 2 aliphatic rings. The third kappa shape index (κ3) is 3.73. The lowest BCUT2D eigenvalue weighted by Gasteiger charge is -2.36. The first kappa shape index (κ1) is 19.8. The van der Waals surface area contributed by atoms with Gasteiger partial charge in [0.25, 0.3) is 5.91 Å². The Morgan fingerprint density at radius 1 is 1.17 bits per heavy atom. The molecule has 2 aromatic rings. The van der Waals surface area contributed by atoms with Gasteiger partial charge in [0.1, 0.15) is 11.6 Å². The number of nitrogens with zero attached hydrogens (tertiary/aromatic N) is 3. The van der Waals surface area contributed by atoms with Gasteiger partial charge in [-0.05, 0) is 55.9 Å². The van der Waals surface area contributed by atoms with Gasteiger partial charge in [0.05, 0.1) is 0 Å². The van der Waals surface area contributed by atoms with E-state index in [1.54, 1.807) is 12.1 Å². The highest BCUT2D eigenvalue weighted by molar-refractivity contribution is 5.81. The molecule has 10 heteroatoms. The van der Waals surface area contributed by atoms with Crippen molar-refractivity contribution in [2.24, 2.45) is 5.92 Å². The standard InChI is InChI=1S/C19H20F4N4O2/c20-13-3-1-11(2-4-13)15-24-17(26-25-15)18(7-8-18)12-5-9-27(10-6-12)16(29)14(28)19(21,22)23/h1-4,12,14,28H,5-10H2,(H,24,25,26). The summed E-state index contributed by atoms with van der Waals surface area (Å²) in [6, 6.07) is 5.89. The number of likely N-dealkylation sites (tertiary alicyclic amines) is 1. The van der Waals surface area contributed by atoms with E-state index in [9.17, 15) is 27.5 Å². The van der Waals surface area contributed by atoms with Gasteiger partial charge in [0, 0.05) is 24.1 Å². The molecule has 1 aromatic carbocycles. The van der Waals surface area contributed by atoms with Gasteiger partial charge in [0.15, 0.2) is 5.82 Å². The molecule has 1 amide bonds. The fourth-order valence-electron chi connectivity index (χ4n) is 4.16. The molecule has 1 aliphatic heterocycles. The van der Waals surface area contributed by atoms with Gasteiger partial charge in [-0.3, -0.25) is 4.79 Å². The summed E-state index contributed by atoms with van der Waals surface area (Å²) in [5, 5.41) is 17.6. The Morgan fingerprint density at radius 2 is 1.79 bits per heavy atom. The highest BCUT2D eigenvalue weighted by Crippen LogP contribution is 2.55. The minimum Gasteiger partial charge on any atom is -0.376 e. The van der Waals surface area contributed by atoms with Crippen LogP contribution in [0, 0.1) is 11.7 Å². The third-order valence-corrected chi connectivity index (χ3v) is 6.00. The van der Waals surface area contributed by atoms with Crippen LogP contribution in [-0.4, -0.2) is 56.5 Å². The monoisotopic (exact) mass is 412 g/mol. The number of alkyl halides is 3. The normalized spacial score (nSPS) is 20.5. The summed E-state index contributed by atoms with van der Waals surface area (Å²) in [4.78, 5) is 16.2. The highest BCUT2D eigenvalue weighted by Gasteiger charge is 2.54. The van der Waals surface area contributed by atoms with Gasteiger partial charge in [0.2, 0.25) is 6.10 Å². The van der Waals surface area contributed by atoms with Crippen molar-refractivity contribution in [3.05, 3.63) is 35.9 Å². The van der Waals surface area contributed by atoms with E-state index in [0.717, 1.165) is 23.6 Å². The van der Waals surface area contributed by atoms with Crippen LogP contribution in [0.15, 0.2) is 24.3 Å². The van der Waals surface area contributed by atoms with Crippen LogP contribution in [0.3, 0.4) is 0 Å². The number of rotatable bonds is 4. The number of hydrogen-bond acceptors (Lipinski definition) is 4. The Morgan fingerprint density at radius 3 is 2.34 bits per heavy atom. The van der Waals surface area contributed by atoms with Crippen molar-refractivity contribution in [2.75, 3.05) is 13.1 Å². The highest BCUT2D eigenvalue weighted by atomic mass is 19.4. The summed E-state index contributed by atoms with van der Waals surface area (Å²) in [6.45, 7) is 0.328. The smallest absolute Gasteiger partial charge is 0.376 e. The molecular formula is C19H20F4N4O2. The number of carbonyl (C=O) groups is 1. The number of H-pyrrole nitrogens is 1. The number of aromatic nitrogens is 3. The molecule has 1 saturated heterocycles. The number of hydrogen-bond donors (Lipinski definition) is 2. The number of amides is 1. The number of nitrogens with one attached hydrogen (secondary N) is 1. The SMILES string of the molecule is O=C(C(O)C(F)(F)F)N1CCC(C2(c3nnc(-c4ccc(F)cc4)[nH]3)CC2)CC1. The molecule has 1 aromatic heterocycles. The Balaban J connectivity index is 1.43. The molecular weight excluding hydrogens is 392 g/mol. The number of aliphatic hydroxyl groups is 1. The second-order valence-corrected chi connectivity index (χ2v) is 7.73. The van der Waals surface area contributed by atoms with E-state index in [0.29, 0.717) is 24.2 Å². The fourth-order valence-corrected chi connectivity index (χ4v) is 4.16. The third-order valence-electron chi connectivity index (χ3n) is 6.00. The maximum absolute atomic E-state index is 13.1. The molecule has 156 valence electrons. The molecule has 6 nitrogen and oxygen atoms in total. The average molecular weight is 412 g/mol. The quantitative estimate of drug-likeness (QED) is 0.757. The van der Waals surface area contributed by atoms with Gasteiger partial charge in [-0.1, -0.05) is 0 Å². The first-order chi connectivity index (χ1) is 13.7. The molecule has 2 fully saturated rings. The van der Waals surface area contributed by atoms with E-state index in [-0.39, 0.29) is 30.2 Å². The molecule has 1 unspecified atom stereocenters. The van der Waals surface area contributed by atoms with E-state index >= 15 is 0 Å².